The van der Waals surface area contributed by atoms with Crippen LogP contribution in [0.4, 0.5) is 18.9 Å². The second-order valence-corrected chi connectivity index (χ2v) is 11.8. The highest BCUT2D eigenvalue weighted by atomic mass is 32.2. The summed E-state index contributed by atoms with van der Waals surface area (Å²) in [6.45, 7) is 3.19. The first kappa shape index (κ1) is 27.7. The molecule has 0 aliphatic carbocycles. The van der Waals surface area contributed by atoms with Crippen molar-refractivity contribution in [3.8, 4) is 5.75 Å². The Balaban J connectivity index is 1.30. The number of hydrogen-bond donors (Lipinski definition) is 1. The van der Waals surface area contributed by atoms with E-state index in [0.29, 0.717) is 37.7 Å². The largest absolute Gasteiger partial charge is 0.497 e. The van der Waals surface area contributed by atoms with E-state index in [4.69, 9.17) is 4.74 Å². The SMILES string of the molecule is COc1ccc(N2CCN(S(=O)(=O)c3ccc(Cc4ccc5[nH]c(=O)cc(C(F)(F)F)c5c4)cc3)CC2C)cc1. The summed E-state index contributed by atoms with van der Waals surface area (Å²) in [5, 5.41) is -0.0910. The average molecular weight is 572 g/mol. The van der Waals surface area contributed by atoms with Crippen LogP contribution in [0.25, 0.3) is 10.9 Å². The van der Waals surface area contributed by atoms with Gasteiger partial charge in [0.1, 0.15) is 5.75 Å². The first-order chi connectivity index (χ1) is 19.0. The second kappa shape index (κ2) is 10.6. The van der Waals surface area contributed by atoms with Gasteiger partial charge in [-0.2, -0.15) is 17.5 Å². The number of pyridine rings is 1. The number of rotatable bonds is 6. The first-order valence-electron chi connectivity index (χ1n) is 12.7. The van der Waals surface area contributed by atoms with Crippen molar-refractivity contribution >= 4 is 26.6 Å². The minimum absolute atomic E-state index is 0.0411. The van der Waals surface area contributed by atoms with E-state index in [1.54, 1.807) is 25.3 Å². The minimum atomic E-state index is -4.67. The van der Waals surface area contributed by atoms with Gasteiger partial charge in [-0.15, -0.1) is 0 Å². The highest BCUT2D eigenvalue weighted by Crippen LogP contribution is 2.34. The highest BCUT2D eigenvalue weighted by molar-refractivity contribution is 7.89. The van der Waals surface area contributed by atoms with Crippen molar-refractivity contribution in [2.24, 2.45) is 0 Å². The highest BCUT2D eigenvalue weighted by Gasteiger charge is 2.34. The van der Waals surface area contributed by atoms with Crippen molar-refractivity contribution in [2.75, 3.05) is 31.6 Å². The van der Waals surface area contributed by atoms with Gasteiger partial charge in [0, 0.05) is 48.3 Å². The van der Waals surface area contributed by atoms with Crippen LogP contribution in [0, 0.1) is 0 Å². The summed E-state index contributed by atoms with van der Waals surface area (Å²) in [6.07, 6.45) is -4.37. The molecule has 1 fully saturated rings. The van der Waals surface area contributed by atoms with Crippen LogP contribution >= 0.6 is 0 Å². The Morgan fingerprint density at radius 1 is 0.950 bits per heavy atom. The van der Waals surface area contributed by atoms with Gasteiger partial charge < -0.3 is 14.6 Å². The number of anilines is 1. The maximum Gasteiger partial charge on any atom is 0.417 e. The van der Waals surface area contributed by atoms with Crippen LogP contribution < -0.4 is 15.2 Å². The Morgan fingerprint density at radius 2 is 1.62 bits per heavy atom. The fraction of sp³-hybridized carbons (Fsp3) is 0.276. The Kier molecular flexibility index (Phi) is 7.36. The Morgan fingerprint density at radius 3 is 2.25 bits per heavy atom. The molecule has 1 atom stereocenters. The van der Waals surface area contributed by atoms with Crippen LogP contribution in [0.15, 0.2) is 82.5 Å². The van der Waals surface area contributed by atoms with Gasteiger partial charge in [-0.1, -0.05) is 18.2 Å². The standard InChI is InChI=1S/C29H28F3N3O4S/c1-19-18-34(13-14-35(19)22-6-8-23(39-2)9-7-22)40(37,38)24-10-3-20(4-11-24)15-21-5-12-27-25(16-21)26(29(30,31)32)17-28(36)33-27/h3-12,16-17,19H,13-15,18H2,1-2H3,(H,33,36). The summed E-state index contributed by atoms with van der Waals surface area (Å²) in [5.41, 5.74) is 0.637. The molecule has 1 aliphatic heterocycles. The first-order valence-corrected chi connectivity index (χ1v) is 14.1. The predicted molar refractivity (Wildman–Crippen MR) is 147 cm³/mol. The quantitative estimate of drug-likeness (QED) is 0.351. The molecule has 3 aromatic carbocycles. The van der Waals surface area contributed by atoms with Crippen LogP contribution in [0.5, 0.6) is 5.75 Å². The maximum absolute atomic E-state index is 13.5. The number of H-pyrrole nitrogens is 1. The Hall–Kier alpha value is -3.83. The van der Waals surface area contributed by atoms with Crippen LogP contribution in [-0.4, -0.2) is 50.5 Å². The van der Waals surface area contributed by atoms with Gasteiger partial charge in [0.15, 0.2) is 0 Å². The van der Waals surface area contributed by atoms with Crippen LogP contribution in [-0.2, 0) is 22.6 Å². The lowest BCUT2D eigenvalue weighted by atomic mass is 10.0. The van der Waals surface area contributed by atoms with E-state index in [0.717, 1.165) is 17.0 Å². The lowest BCUT2D eigenvalue weighted by molar-refractivity contribution is -0.136. The van der Waals surface area contributed by atoms with Crippen molar-refractivity contribution in [3.05, 3.63) is 99.8 Å². The zero-order valence-corrected chi connectivity index (χ0v) is 22.7. The molecule has 11 heteroatoms. The number of sulfonamides is 1. The molecular weight excluding hydrogens is 543 g/mol. The van der Waals surface area contributed by atoms with E-state index < -0.39 is 27.3 Å². The Bertz CT molecular complexity index is 1690. The summed E-state index contributed by atoms with van der Waals surface area (Å²) < 4.78 is 74.0. The van der Waals surface area contributed by atoms with Crippen molar-refractivity contribution in [1.82, 2.24) is 9.29 Å². The maximum atomic E-state index is 13.5. The summed E-state index contributed by atoms with van der Waals surface area (Å²) in [6, 6.07) is 19.1. The van der Waals surface area contributed by atoms with Gasteiger partial charge >= 0.3 is 6.18 Å². The van der Waals surface area contributed by atoms with E-state index in [1.807, 2.05) is 31.2 Å². The third-order valence-corrected chi connectivity index (χ3v) is 9.06. The molecule has 5 rings (SSSR count). The molecule has 7 nitrogen and oxygen atoms in total. The van der Waals surface area contributed by atoms with Crippen molar-refractivity contribution < 1.29 is 26.3 Å². The normalized spacial score (nSPS) is 16.8. The smallest absolute Gasteiger partial charge is 0.417 e. The van der Waals surface area contributed by atoms with Crippen LogP contribution in [0.2, 0.25) is 0 Å². The number of nitrogens with zero attached hydrogens (tertiary/aromatic N) is 2. The van der Waals surface area contributed by atoms with Crippen LogP contribution in [0.3, 0.4) is 0 Å². The number of halogens is 3. The van der Waals surface area contributed by atoms with E-state index in [9.17, 15) is 26.4 Å². The van der Waals surface area contributed by atoms with E-state index in [2.05, 4.69) is 9.88 Å². The summed E-state index contributed by atoms with van der Waals surface area (Å²) >= 11 is 0. The lowest BCUT2D eigenvalue weighted by Gasteiger charge is -2.40. The van der Waals surface area contributed by atoms with Gasteiger partial charge in [-0.05, 0) is 73.0 Å². The number of aromatic amines is 1. The molecule has 0 spiro atoms. The molecule has 0 amide bonds. The fourth-order valence-corrected chi connectivity index (χ4v) is 6.62. The molecule has 1 aliphatic rings. The number of benzene rings is 3. The zero-order valence-electron chi connectivity index (χ0n) is 21.9. The topological polar surface area (TPSA) is 82.7 Å². The molecule has 1 aromatic heterocycles. The van der Waals surface area contributed by atoms with E-state index >= 15 is 0 Å². The summed E-state index contributed by atoms with van der Waals surface area (Å²) in [7, 11) is -2.12. The predicted octanol–water partition coefficient (Wildman–Crippen LogP) is 5.05. The number of methoxy groups -OCH3 is 1. The van der Waals surface area contributed by atoms with Crippen molar-refractivity contribution in [1.29, 1.82) is 0 Å². The van der Waals surface area contributed by atoms with Crippen LogP contribution in [0.1, 0.15) is 23.6 Å². The molecule has 1 saturated heterocycles. The molecule has 0 radical (unpaired) electrons. The summed E-state index contributed by atoms with van der Waals surface area (Å²) in [5.74, 6) is 0.754. The number of aromatic nitrogens is 1. The van der Waals surface area contributed by atoms with Gasteiger partial charge in [0.05, 0.1) is 17.6 Å². The van der Waals surface area contributed by atoms with E-state index in [1.165, 1.54) is 28.6 Å². The van der Waals surface area contributed by atoms with Gasteiger partial charge in [0.2, 0.25) is 15.6 Å². The third-order valence-electron chi connectivity index (χ3n) is 7.18. The monoisotopic (exact) mass is 571 g/mol. The van der Waals surface area contributed by atoms with Crippen molar-refractivity contribution in [2.45, 2.75) is 30.5 Å². The zero-order chi connectivity index (χ0) is 28.7. The Labute approximate surface area is 229 Å². The van der Waals surface area contributed by atoms with Gasteiger partial charge in [-0.3, -0.25) is 4.79 Å². The second-order valence-electron chi connectivity index (χ2n) is 9.85. The molecule has 40 heavy (non-hydrogen) atoms. The van der Waals surface area contributed by atoms with Crippen molar-refractivity contribution in [3.63, 3.8) is 0 Å². The molecule has 1 unspecified atom stereocenters. The molecule has 0 bridgehead atoms. The van der Waals surface area contributed by atoms with Gasteiger partial charge in [0.25, 0.3) is 0 Å². The molecule has 0 saturated carbocycles. The third kappa shape index (κ3) is 5.57. The molecule has 1 N–H and O–H groups in total. The number of piperazine rings is 1. The number of fused-ring (bicyclic) bond motifs is 1. The fourth-order valence-electron chi connectivity index (χ4n) is 5.11. The molecule has 2 heterocycles. The molecule has 210 valence electrons. The van der Waals surface area contributed by atoms with Gasteiger partial charge in [-0.25, -0.2) is 8.42 Å². The molecular formula is C29H28F3N3O4S. The van der Waals surface area contributed by atoms with E-state index in [-0.39, 0.29) is 21.8 Å². The minimum Gasteiger partial charge on any atom is -0.497 e. The number of nitrogens with one attached hydrogen (secondary N) is 1. The lowest BCUT2D eigenvalue weighted by Crippen LogP contribution is -2.53. The average Bonchev–Trinajstić information content (AvgIpc) is 2.92. The number of ether oxygens (including phenoxy) is 1. The summed E-state index contributed by atoms with van der Waals surface area (Å²) in [4.78, 5) is 16.4. The number of alkyl halides is 3. The number of hydrogen-bond acceptors (Lipinski definition) is 5. The molecule has 4 aromatic rings.